The van der Waals surface area contributed by atoms with Gasteiger partial charge in [-0.05, 0) is 31.0 Å². The predicted octanol–water partition coefficient (Wildman–Crippen LogP) is 2.57. The molecule has 0 aromatic heterocycles. The van der Waals surface area contributed by atoms with E-state index in [1.54, 1.807) is 6.92 Å². The molecule has 1 unspecified atom stereocenters. The molecule has 0 fully saturated rings. The van der Waals surface area contributed by atoms with E-state index in [0.29, 0.717) is 17.9 Å². The first kappa shape index (κ1) is 14.7. The van der Waals surface area contributed by atoms with Gasteiger partial charge < -0.3 is 24.4 Å². The Hall–Kier alpha value is -2.89. The van der Waals surface area contributed by atoms with Crippen molar-refractivity contribution in [3.63, 3.8) is 0 Å². The Morgan fingerprint density at radius 1 is 1.08 bits per heavy atom. The summed E-state index contributed by atoms with van der Waals surface area (Å²) < 4.78 is 16.2. The van der Waals surface area contributed by atoms with Crippen LogP contribution in [0.25, 0.3) is 0 Å². The maximum absolute atomic E-state index is 12.8. The van der Waals surface area contributed by atoms with Crippen LogP contribution >= 0.6 is 0 Å². The lowest BCUT2D eigenvalue weighted by Gasteiger charge is -2.25. The molecule has 0 bridgehead atoms. The van der Waals surface area contributed by atoms with Crippen LogP contribution < -0.4 is 14.2 Å². The van der Waals surface area contributed by atoms with Crippen molar-refractivity contribution < 1.29 is 29.2 Å². The first-order valence-corrected chi connectivity index (χ1v) is 7.65. The molecule has 4 rings (SSSR count). The second-order valence-corrected chi connectivity index (χ2v) is 6.01. The lowest BCUT2D eigenvalue weighted by Crippen LogP contribution is -2.29. The van der Waals surface area contributed by atoms with Gasteiger partial charge in [0.05, 0.1) is 12.5 Å². The van der Waals surface area contributed by atoms with Gasteiger partial charge in [-0.3, -0.25) is 4.79 Å². The normalized spacial score (nSPS) is 18.2. The van der Waals surface area contributed by atoms with Crippen LogP contribution in [0.15, 0.2) is 24.3 Å². The van der Waals surface area contributed by atoms with E-state index >= 15 is 0 Å². The zero-order valence-corrected chi connectivity index (χ0v) is 13.0. The van der Waals surface area contributed by atoms with Gasteiger partial charge in [-0.25, -0.2) is 0 Å². The van der Waals surface area contributed by atoms with E-state index in [4.69, 9.17) is 14.2 Å². The lowest BCUT2D eigenvalue weighted by atomic mass is 9.88. The number of carbonyl (C=O) groups excluding carboxylic acids is 1. The van der Waals surface area contributed by atoms with Gasteiger partial charge in [0.25, 0.3) is 0 Å². The molecule has 0 aliphatic carbocycles. The summed E-state index contributed by atoms with van der Waals surface area (Å²) in [5.74, 6) is 0.683. The Balaban J connectivity index is 1.63. The number of carbonyl (C=O) groups is 1. The second kappa shape index (κ2) is 5.33. The first-order valence-electron chi connectivity index (χ1n) is 7.65. The molecule has 124 valence electrons. The molecule has 2 aliphatic rings. The van der Waals surface area contributed by atoms with E-state index in [2.05, 4.69) is 0 Å². The molecule has 2 aromatic carbocycles. The number of ether oxygens (including phenoxy) is 3. The number of rotatable bonds is 2. The van der Waals surface area contributed by atoms with E-state index in [1.807, 2.05) is 18.2 Å². The summed E-state index contributed by atoms with van der Waals surface area (Å²) in [6, 6.07) is 6.93. The summed E-state index contributed by atoms with van der Waals surface area (Å²) in [7, 11) is 0. The number of aromatic hydroxyl groups is 2. The molecule has 0 radical (unpaired) electrons. The van der Waals surface area contributed by atoms with Gasteiger partial charge in [0, 0.05) is 11.6 Å². The van der Waals surface area contributed by atoms with Crippen molar-refractivity contribution in [2.24, 2.45) is 5.92 Å². The van der Waals surface area contributed by atoms with Crippen LogP contribution in [0.2, 0.25) is 0 Å². The minimum Gasteiger partial charge on any atom is -0.507 e. The molecule has 2 N–H and O–H groups in total. The molecule has 6 nitrogen and oxygen atoms in total. The van der Waals surface area contributed by atoms with Gasteiger partial charge in [-0.15, -0.1) is 0 Å². The topological polar surface area (TPSA) is 85.2 Å². The van der Waals surface area contributed by atoms with Crippen molar-refractivity contribution in [2.45, 2.75) is 13.3 Å². The molecule has 2 aliphatic heterocycles. The minimum absolute atomic E-state index is 0.0896. The summed E-state index contributed by atoms with van der Waals surface area (Å²) in [5, 5.41) is 20.0. The summed E-state index contributed by atoms with van der Waals surface area (Å²) >= 11 is 0. The highest BCUT2D eigenvalue weighted by Crippen LogP contribution is 2.42. The highest BCUT2D eigenvalue weighted by molar-refractivity contribution is 6.04. The Morgan fingerprint density at radius 3 is 2.71 bits per heavy atom. The number of phenols is 2. The standard InChI is InChI=1S/C18H16O6/c1-9-12(19)6-15-16(17(9)20)18(21)11(7-22-15)4-10-2-3-13-14(5-10)24-8-23-13/h2-3,5-6,11,19-20H,4,7-8H2,1H3. The maximum Gasteiger partial charge on any atom is 0.231 e. The quantitative estimate of drug-likeness (QED) is 0.881. The number of hydrogen-bond acceptors (Lipinski definition) is 6. The van der Waals surface area contributed by atoms with Gasteiger partial charge in [0.2, 0.25) is 6.79 Å². The molecule has 6 heteroatoms. The molecule has 2 heterocycles. The molecule has 0 spiro atoms. The van der Waals surface area contributed by atoms with E-state index in [-0.39, 0.29) is 47.6 Å². The number of phenolic OH excluding ortho intramolecular Hbond substituents is 2. The van der Waals surface area contributed by atoms with Gasteiger partial charge in [-0.1, -0.05) is 6.07 Å². The number of hydrogen-bond donors (Lipinski definition) is 2. The third kappa shape index (κ3) is 2.22. The molecule has 0 saturated heterocycles. The Morgan fingerprint density at radius 2 is 1.88 bits per heavy atom. The van der Waals surface area contributed by atoms with Gasteiger partial charge >= 0.3 is 0 Å². The molecule has 2 aromatic rings. The summed E-state index contributed by atoms with van der Waals surface area (Å²) in [5.41, 5.74) is 1.34. The number of fused-ring (bicyclic) bond motifs is 2. The van der Waals surface area contributed by atoms with Crippen LogP contribution in [0.4, 0.5) is 0 Å². The molecule has 0 saturated carbocycles. The minimum atomic E-state index is -0.410. The van der Waals surface area contributed by atoms with Crippen LogP contribution in [-0.4, -0.2) is 29.4 Å². The second-order valence-electron chi connectivity index (χ2n) is 6.01. The van der Waals surface area contributed by atoms with Gasteiger partial charge in [0.1, 0.15) is 22.8 Å². The van der Waals surface area contributed by atoms with Crippen molar-refractivity contribution >= 4 is 5.78 Å². The monoisotopic (exact) mass is 328 g/mol. The van der Waals surface area contributed by atoms with Crippen molar-refractivity contribution in [3.8, 4) is 28.7 Å². The highest BCUT2D eigenvalue weighted by atomic mass is 16.7. The van der Waals surface area contributed by atoms with Crippen molar-refractivity contribution in [3.05, 3.63) is 41.0 Å². The number of Topliss-reactive ketones (excluding diaryl/α,β-unsaturated/α-hetero) is 1. The fraction of sp³-hybridized carbons (Fsp3) is 0.278. The lowest BCUT2D eigenvalue weighted by molar-refractivity contribution is 0.0825. The van der Waals surface area contributed by atoms with Crippen LogP contribution in [0.3, 0.4) is 0 Å². The molecule has 24 heavy (non-hydrogen) atoms. The van der Waals surface area contributed by atoms with E-state index in [1.165, 1.54) is 6.07 Å². The van der Waals surface area contributed by atoms with Crippen LogP contribution in [0, 0.1) is 12.8 Å². The van der Waals surface area contributed by atoms with Gasteiger partial charge in [0.15, 0.2) is 17.3 Å². The predicted molar refractivity (Wildman–Crippen MR) is 84.1 cm³/mol. The summed E-state index contributed by atoms with van der Waals surface area (Å²) in [6.45, 7) is 1.95. The average Bonchev–Trinajstić information content (AvgIpc) is 3.03. The molecule has 0 amide bonds. The van der Waals surface area contributed by atoms with E-state index < -0.39 is 5.92 Å². The number of benzene rings is 2. The van der Waals surface area contributed by atoms with E-state index in [9.17, 15) is 15.0 Å². The number of ketones is 1. The third-order valence-corrected chi connectivity index (χ3v) is 4.47. The maximum atomic E-state index is 12.8. The SMILES string of the molecule is Cc1c(O)cc2c(c1O)C(=O)C(Cc1ccc3c(c1)OCO3)CO2. The highest BCUT2D eigenvalue weighted by Gasteiger charge is 2.33. The Kier molecular flexibility index (Phi) is 3.26. The Bertz CT molecular complexity index is 842. The zero-order valence-electron chi connectivity index (χ0n) is 13.0. The third-order valence-electron chi connectivity index (χ3n) is 4.47. The van der Waals surface area contributed by atoms with Crippen molar-refractivity contribution in [1.29, 1.82) is 0 Å². The van der Waals surface area contributed by atoms with E-state index in [0.717, 1.165) is 5.56 Å². The molecule has 1 atom stereocenters. The average molecular weight is 328 g/mol. The fourth-order valence-corrected chi connectivity index (χ4v) is 3.06. The smallest absolute Gasteiger partial charge is 0.231 e. The van der Waals surface area contributed by atoms with Crippen molar-refractivity contribution in [1.82, 2.24) is 0 Å². The summed E-state index contributed by atoms with van der Waals surface area (Å²) in [4.78, 5) is 12.8. The largest absolute Gasteiger partial charge is 0.507 e. The van der Waals surface area contributed by atoms with Crippen molar-refractivity contribution in [2.75, 3.05) is 13.4 Å². The van der Waals surface area contributed by atoms with Gasteiger partial charge in [-0.2, -0.15) is 0 Å². The van der Waals surface area contributed by atoms with Crippen LogP contribution in [0.5, 0.6) is 28.7 Å². The van der Waals surface area contributed by atoms with Crippen LogP contribution in [-0.2, 0) is 6.42 Å². The van der Waals surface area contributed by atoms with Crippen LogP contribution in [0.1, 0.15) is 21.5 Å². The Labute approximate surface area is 138 Å². The zero-order chi connectivity index (χ0) is 16.8. The molecular formula is C18H16O6. The molecular weight excluding hydrogens is 312 g/mol. The summed E-state index contributed by atoms with van der Waals surface area (Å²) in [6.07, 6.45) is 0.467. The first-order chi connectivity index (χ1) is 11.5. The fourth-order valence-electron chi connectivity index (χ4n) is 3.06.